The van der Waals surface area contributed by atoms with Crippen LogP contribution < -0.4 is 5.73 Å². The summed E-state index contributed by atoms with van der Waals surface area (Å²) in [6.45, 7) is 6.54. The predicted octanol–water partition coefficient (Wildman–Crippen LogP) is -0.284. The molecule has 3 rings (SSSR count). The molecule has 0 unspecified atom stereocenters. The Morgan fingerprint density at radius 3 is 2.16 bits per heavy atom. The summed E-state index contributed by atoms with van der Waals surface area (Å²) in [5.74, 6) is 0.311. The summed E-state index contributed by atoms with van der Waals surface area (Å²) in [4.78, 5) is 19.1. The number of hydrogen-bond acceptors (Lipinski definition) is 4. The Hall–Kier alpha value is -0.650. The number of carbonyl (C=O) groups is 1. The normalized spacial score (nSPS) is 27.7. The summed E-state index contributed by atoms with van der Waals surface area (Å²) in [5, 5.41) is 0. The van der Waals surface area contributed by atoms with E-state index in [1.165, 1.54) is 12.8 Å². The third kappa shape index (κ3) is 3.46. The number of nitrogens with two attached hydrogens (primary N) is 1. The van der Waals surface area contributed by atoms with Gasteiger partial charge in [0.05, 0.1) is 6.54 Å². The van der Waals surface area contributed by atoms with E-state index < -0.39 is 0 Å². The molecule has 0 radical (unpaired) electrons. The van der Waals surface area contributed by atoms with E-state index in [-0.39, 0.29) is 0 Å². The highest BCUT2D eigenvalue weighted by molar-refractivity contribution is 5.78. The Balaban J connectivity index is 1.40. The van der Waals surface area contributed by atoms with E-state index in [2.05, 4.69) is 9.80 Å². The Kier molecular flexibility index (Phi) is 4.05. The quantitative estimate of drug-likeness (QED) is 0.763. The lowest BCUT2D eigenvalue weighted by atomic mass is 10.1. The van der Waals surface area contributed by atoms with Gasteiger partial charge in [0, 0.05) is 51.4 Å². The second-order valence-corrected chi connectivity index (χ2v) is 6.26. The summed E-state index contributed by atoms with van der Waals surface area (Å²) >= 11 is 0. The van der Waals surface area contributed by atoms with Gasteiger partial charge in [-0.1, -0.05) is 0 Å². The predicted molar refractivity (Wildman–Crippen MR) is 74.8 cm³/mol. The maximum atomic E-state index is 12.3. The molecule has 0 aromatic carbocycles. The highest BCUT2D eigenvalue weighted by atomic mass is 16.2. The topological polar surface area (TPSA) is 52.8 Å². The van der Waals surface area contributed by atoms with Crippen molar-refractivity contribution in [2.75, 3.05) is 45.8 Å². The van der Waals surface area contributed by atoms with Crippen LogP contribution in [0.4, 0.5) is 0 Å². The molecule has 1 aliphatic carbocycles. The zero-order valence-corrected chi connectivity index (χ0v) is 11.8. The minimum absolute atomic E-state index is 0.311. The van der Waals surface area contributed by atoms with Crippen molar-refractivity contribution in [1.29, 1.82) is 0 Å². The SMILES string of the molecule is NC1CCN(CC(=O)N2CCN(C3CC3)CC2)CC1. The van der Waals surface area contributed by atoms with Crippen LogP contribution >= 0.6 is 0 Å². The number of amides is 1. The molecule has 0 aromatic heterocycles. The fourth-order valence-corrected chi connectivity index (χ4v) is 3.18. The first-order chi connectivity index (χ1) is 9.22. The van der Waals surface area contributed by atoms with Gasteiger partial charge < -0.3 is 10.6 Å². The van der Waals surface area contributed by atoms with Gasteiger partial charge >= 0.3 is 0 Å². The molecule has 2 heterocycles. The second kappa shape index (κ2) is 5.77. The molecule has 0 atom stereocenters. The highest BCUT2D eigenvalue weighted by Gasteiger charge is 2.32. The summed E-state index contributed by atoms with van der Waals surface area (Å²) in [6.07, 6.45) is 4.79. The van der Waals surface area contributed by atoms with E-state index in [0.29, 0.717) is 18.5 Å². The van der Waals surface area contributed by atoms with Gasteiger partial charge in [-0.15, -0.1) is 0 Å². The highest BCUT2D eigenvalue weighted by Crippen LogP contribution is 2.27. The van der Waals surface area contributed by atoms with Crippen LogP contribution in [-0.2, 0) is 4.79 Å². The summed E-state index contributed by atoms with van der Waals surface area (Å²) in [5.41, 5.74) is 5.89. The van der Waals surface area contributed by atoms with Crippen molar-refractivity contribution in [2.45, 2.75) is 37.8 Å². The van der Waals surface area contributed by atoms with Crippen molar-refractivity contribution in [3.05, 3.63) is 0 Å². The summed E-state index contributed by atoms with van der Waals surface area (Å²) in [6, 6.07) is 1.18. The van der Waals surface area contributed by atoms with E-state index in [1.54, 1.807) is 0 Å². The monoisotopic (exact) mass is 266 g/mol. The molecule has 2 aliphatic heterocycles. The van der Waals surface area contributed by atoms with Crippen LogP contribution in [0.1, 0.15) is 25.7 Å². The molecule has 2 saturated heterocycles. The van der Waals surface area contributed by atoms with E-state index in [4.69, 9.17) is 5.73 Å². The number of piperazine rings is 1. The van der Waals surface area contributed by atoms with Gasteiger partial charge in [0.25, 0.3) is 0 Å². The van der Waals surface area contributed by atoms with Crippen molar-refractivity contribution in [3.63, 3.8) is 0 Å². The largest absolute Gasteiger partial charge is 0.339 e. The zero-order valence-electron chi connectivity index (χ0n) is 11.8. The minimum Gasteiger partial charge on any atom is -0.339 e. The molecule has 0 aromatic rings. The van der Waals surface area contributed by atoms with Gasteiger partial charge in [-0.3, -0.25) is 14.6 Å². The molecule has 5 nitrogen and oxygen atoms in total. The van der Waals surface area contributed by atoms with E-state index >= 15 is 0 Å². The molecule has 3 fully saturated rings. The Bertz CT molecular complexity index is 315. The molecule has 3 aliphatic rings. The third-order valence-corrected chi connectivity index (χ3v) is 4.72. The number of rotatable bonds is 3. The molecule has 0 bridgehead atoms. The Morgan fingerprint density at radius 2 is 1.58 bits per heavy atom. The van der Waals surface area contributed by atoms with Gasteiger partial charge in [0.2, 0.25) is 5.91 Å². The summed E-state index contributed by atoms with van der Waals surface area (Å²) < 4.78 is 0. The zero-order chi connectivity index (χ0) is 13.2. The number of nitrogens with zero attached hydrogens (tertiary/aromatic N) is 3. The van der Waals surface area contributed by atoms with Crippen molar-refractivity contribution >= 4 is 5.91 Å². The van der Waals surface area contributed by atoms with Crippen molar-refractivity contribution in [3.8, 4) is 0 Å². The molecule has 1 amide bonds. The number of hydrogen-bond donors (Lipinski definition) is 1. The molecule has 5 heteroatoms. The van der Waals surface area contributed by atoms with Crippen molar-refractivity contribution in [1.82, 2.24) is 14.7 Å². The number of piperidine rings is 1. The molecule has 108 valence electrons. The molecular weight excluding hydrogens is 240 g/mol. The molecular formula is C14H26N4O. The number of likely N-dealkylation sites (tertiary alicyclic amines) is 1. The van der Waals surface area contributed by atoms with Crippen LogP contribution in [0.15, 0.2) is 0 Å². The lowest BCUT2D eigenvalue weighted by Crippen LogP contribution is -2.52. The average molecular weight is 266 g/mol. The standard InChI is InChI=1S/C14H26N4O/c15-12-3-5-16(6-4-12)11-14(19)18-9-7-17(8-10-18)13-1-2-13/h12-13H,1-11,15H2. The Labute approximate surface area is 115 Å². The fourth-order valence-electron chi connectivity index (χ4n) is 3.18. The van der Waals surface area contributed by atoms with Crippen molar-refractivity contribution in [2.24, 2.45) is 5.73 Å². The van der Waals surface area contributed by atoms with E-state index in [0.717, 1.165) is 58.2 Å². The second-order valence-electron chi connectivity index (χ2n) is 6.26. The Morgan fingerprint density at radius 1 is 0.947 bits per heavy atom. The van der Waals surface area contributed by atoms with E-state index in [9.17, 15) is 4.79 Å². The maximum Gasteiger partial charge on any atom is 0.236 e. The minimum atomic E-state index is 0.311. The maximum absolute atomic E-state index is 12.3. The average Bonchev–Trinajstić information content (AvgIpc) is 3.26. The molecule has 1 saturated carbocycles. The first-order valence-corrected chi connectivity index (χ1v) is 7.72. The van der Waals surface area contributed by atoms with Gasteiger partial charge in [-0.25, -0.2) is 0 Å². The molecule has 19 heavy (non-hydrogen) atoms. The van der Waals surface area contributed by atoms with Gasteiger partial charge in [-0.05, 0) is 25.7 Å². The third-order valence-electron chi connectivity index (χ3n) is 4.72. The first kappa shape index (κ1) is 13.3. The van der Waals surface area contributed by atoms with Crippen LogP contribution in [0.3, 0.4) is 0 Å². The van der Waals surface area contributed by atoms with E-state index in [1.807, 2.05) is 4.90 Å². The van der Waals surface area contributed by atoms with Crippen LogP contribution in [0.25, 0.3) is 0 Å². The number of carbonyl (C=O) groups excluding carboxylic acids is 1. The molecule has 2 N–H and O–H groups in total. The molecule has 0 spiro atoms. The van der Waals surface area contributed by atoms with Crippen molar-refractivity contribution < 1.29 is 4.79 Å². The fraction of sp³-hybridized carbons (Fsp3) is 0.929. The van der Waals surface area contributed by atoms with Gasteiger partial charge in [0.15, 0.2) is 0 Å². The lowest BCUT2D eigenvalue weighted by Gasteiger charge is -2.37. The summed E-state index contributed by atoms with van der Waals surface area (Å²) in [7, 11) is 0. The first-order valence-electron chi connectivity index (χ1n) is 7.72. The lowest BCUT2D eigenvalue weighted by molar-refractivity contribution is -0.134. The van der Waals surface area contributed by atoms with Crippen LogP contribution in [-0.4, -0.2) is 78.5 Å². The smallest absolute Gasteiger partial charge is 0.236 e. The van der Waals surface area contributed by atoms with Crippen LogP contribution in [0.5, 0.6) is 0 Å². The van der Waals surface area contributed by atoms with Crippen LogP contribution in [0.2, 0.25) is 0 Å². The van der Waals surface area contributed by atoms with Gasteiger partial charge in [0.1, 0.15) is 0 Å². The van der Waals surface area contributed by atoms with Crippen LogP contribution in [0, 0.1) is 0 Å². The van der Waals surface area contributed by atoms with Gasteiger partial charge in [-0.2, -0.15) is 0 Å².